The first-order valence-corrected chi connectivity index (χ1v) is 8.99. The summed E-state index contributed by atoms with van der Waals surface area (Å²) in [5, 5.41) is 0. The van der Waals surface area contributed by atoms with E-state index in [0.717, 1.165) is 4.47 Å². The Bertz CT molecular complexity index is 767. The summed E-state index contributed by atoms with van der Waals surface area (Å²) in [5.41, 5.74) is 0.776. The van der Waals surface area contributed by atoms with Crippen LogP contribution in [0.15, 0.2) is 53.0 Å². The van der Waals surface area contributed by atoms with Crippen LogP contribution < -0.4 is 4.74 Å². The van der Waals surface area contributed by atoms with Gasteiger partial charge in [0.2, 0.25) is 0 Å². The first-order valence-electron chi connectivity index (χ1n) is 7.28. The number of Topliss-reactive ketones (excluding diaryl/α,β-unsaturated/α-hetero) is 1. The summed E-state index contributed by atoms with van der Waals surface area (Å²) in [4.78, 5) is 34.8. The molecule has 25 heavy (non-hydrogen) atoms. The molecule has 0 radical (unpaired) electrons. The van der Waals surface area contributed by atoms with Crippen molar-refractivity contribution in [3.8, 4) is 5.75 Å². The van der Waals surface area contributed by atoms with Crippen molar-refractivity contribution in [3.63, 3.8) is 0 Å². The number of halogens is 2. The molecule has 5 nitrogen and oxygen atoms in total. The lowest BCUT2D eigenvalue weighted by molar-refractivity contribution is -0.141. The summed E-state index contributed by atoms with van der Waals surface area (Å²) < 4.78 is 11.0. The van der Waals surface area contributed by atoms with Gasteiger partial charge in [0.1, 0.15) is 10.6 Å². The van der Waals surface area contributed by atoms with Crippen molar-refractivity contribution in [2.24, 2.45) is 0 Å². The molecule has 130 valence electrons. The number of esters is 2. The van der Waals surface area contributed by atoms with Gasteiger partial charge < -0.3 is 9.47 Å². The second kappa shape index (κ2) is 8.92. The lowest BCUT2D eigenvalue weighted by Crippen LogP contribution is -2.19. The van der Waals surface area contributed by atoms with Gasteiger partial charge in [-0.1, -0.05) is 31.9 Å². The van der Waals surface area contributed by atoms with E-state index in [1.807, 2.05) is 0 Å². The highest BCUT2D eigenvalue weighted by molar-refractivity contribution is 9.10. The van der Waals surface area contributed by atoms with Gasteiger partial charge in [0.15, 0.2) is 12.4 Å². The van der Waals surface area contributed by atoms with Gasteiger partial charge in [-0.25, -0.2) is 4.79 Å². The third-order valence-electron chi connectivity index (χ3n) is 3.14. The normalized spacial score (nSPS) is 11.5. The van der Waals surface area contributed by atoms with Gasteiger partial charge in [0, 0.05) is 10.0 Å². The maximum Gasteiger partial charge on any atom is 0.343 e. The first kappa shape index (κ1) is 19.3. The Morgan fingerprint density at radius 3 is 2.08 bits per heavy atom. The molecule has 2 aromatic carbocycles. The molecule has 0 aromatic heterocycles. The number of hydrogen-bond donors (Lipinski definition) is 0. The van der Waals surface area contributed by atoms with E-state index in [0.29, 0.717) is 16.9 Å². The lowest BCUT2D eigenvalue weighted by atomic mass is 10.1. The van der Waals surface area contributed by atoms with Gasteiger partial charge in [-0.2, -0.15) is 0 Å². The van der Waals surface area contributed by atoms with Crippen molar-refractivity contribution in [2.45, 2.75) is 11.8 Å². The van der Waals surface area contributed by atoms with Crippen molar-refractivity contribution in [1.29, 1.82) is 0 Å². The van der Waals surface area contributed by atoms with Crippen LogP contribution in [0.1, 0.15) is 27.6 Å². The molecule has 0 saturated carbocycles. The van der Waals surface area contributed by atoms with E-state index in [-0.39, 0.29) is 12.4 Å². The lowest BCUT2D eigenvalue weighted by Gasteiger charge is -2.07. The monoisotopic (exact) mass is 468 g/mol. The van der Waals surface area contributed by atoms with Crippen LogP contribution in [0, 0.1) is 0 Å². The fourth-order valence-corrected chi connectivity index (χ4v) is 2.19. The van der Waals surface area contributed by atoms with Crippen molar-refractivity contribution in [2.75, 3.05) is 6.61 Å². The van der Waals surface area contributed by atoms with Gasteiger partial charge in [-0.05, 0) is 55.5 Å². The summed E-state index contributed by atoms with van der Waals surface area (Å²) in [6, 6.07) is 12.8. The summed E-state index contributed by atoms with van der Waals surface area (Å²) in [5.74, 6) is -1.02. The second-order valence-corrected chi connectivity index (χ2v) is 7.36. The number of carbonyl (C=O) groups is 3. The van der Waals surface area contributed by atoms with E-state index in [1.165, 1.54) is 24.3 Å². The zero-order chi connectivity index (χ0) is 18.4. The molecule has 0 fully saturated rings. The molecule has 7 heteroatoms. The zero-order valence-electron chi connectivity index (χ0n) is 13.2. The highest BCUT2D eigenvalue weighted by atomic mass is 79.9. The average molecular weight is 470 g/mol. The second-order valence-electron chi connectivity index (χ2n) is 5.07. The van der Waals surface area contributed by atoms with E-state index in [2.05, 4.69) is 31.9 Å². The topological polar surface area (TPSA) is 69.7 Å². The molecule has 0 aliphatic carbocycles. The maximum atomic E-state index is 12.0. The Labute approximate surface area is 161 Å². The van der Waals surface area contributed by atoms with Crippen molar-refractivity contribution >= 4 is 49.6 Å². The van der Waals surface area contributed by atoms with Crippen LogP contribution in [0.25, 0.3) is 0 Å². The summed E-state index contributed by atoms with van der Waals surface area (Å²) in [7, 11) is 0. The molecule has 2 aromatic rings. The zero-order valence-corrected chi connectivity index (χ0v) is 16.4. The Kier molecular flexibility index (Phi) is 6.90. The molecule has 0 saturated heterocycles. The van der Waals surface area contributed by atoms with Crippen molar-refractivity contribution < 1.29 is 23.9 Å². The molecule has 1 atom stereocenters. The van der Waals surface area contributed by atoms with E-state index in [1.54, 1.807) is 31.2 Å². The Morgan fingerprint density at radius 2 is 1.52 bits per heavy atom. The largest absolute Gasteiger partial charge is 0.456 e. The van der Waals surface area contributed by atoms with E-state index < -0.39 is 16.8 Å². The molecule has 0 spiro atoms. The molecule has 0 amide bonds. The van der Waals surface area contributed by atoms with E-state index in [9.17, 15) is 14.4 Å². The minimum Gasteiger partial charge on any atom is -0.456 e. The number of hydrogen-bond acceptors (Lipinski definition) is 5. The van der Waals surface area contributed by atoms with Crippen LogP contribution in [0.4, 0.5) is 0 Å². The molecule has 0 aliphatic heterocycles. The highest BCUT2D eigenvalue weighted by Crippen LogP contribution is 2.16. The van der Waals surface area contributed by atoms with Gasteiger partial charge in [-0.15, -0.1) is 0 Å². The van der Waals surface area contributed by atoms with Crippen LogP contribution in [0.2, 0.25) is 0 Å². The van der Waals surface area contributed by atoms with Gasteiger partial charge in [-0.3, -0.25) is 9.59 Å². The fourth-order valence-electron chi connectivity index (χ4n) is 1.80. The quantitative estimate of drug-likeness (QED) is 0.275. The van der Waals surface area contributed by atoms with Crippen molar-refractivity contribution in [1.82, 2.24) is 0 Å². The van der Waals surface area contributed by atoms with Crippen LogP contribution in [0.3, 0.4) is 0 Å². The highest BCUT2D eigenvalue weighted by Gasteiger charge is 2.14. The Balaban J connectivity index is 1.95. The third kappa shape index (κ3) is 5.79. The van der Waals surface area contributed by atoms with Crippen LogP contribution in [-0.2, 0) is 9.53 Å². The fraction of sp³-hybridized carbons (Fsp3) is 0.167. The molecular formula is C18H14Br2O5. The summed E-state index contributed by atoms with van der Waals surface area (Å²) >= 11 is 6.36. The number of ether oxygens (including phenoxy) is 2. The van der Waals surface area contributed by atoms with E-state index in [4.69, 9.17) is 9.47 Å². The predicted octanol–water partition coefficient (Wildman–Crippen LogP) is 4.18. The van der Waals surface area contributed by atoms with Crippen LogP contribution in [0.5, 0.6) is 5.75 Å². The number of rotatable bonds is 6. The summed E-state index contributed by atoms with van der Waals surface area (Å²) in [6.45, 7) is 1.27. The Hall–Kier alpha value is -1.99. The first-order chi connectivity index (χ1) is 11.9. The number of benzene rings is 2. The molecule has 0 bridgehead atoms. The standard InChI is InChI=1S/C18H14Br2O5/c1-11(19)17(22)24-10-16(21)12-4-8-15(9-5-12)25-18(23)13-2-6-14(20)7-3-13/h2-9,11H,10H2,1H3/t11-/m0/s1. The van der Waals surface area contributed by atoms with Gasteiger partial charge >= 0.3 is 11.9 Å². The molecule has 0 aliphatic rings. The van der Waals surface area contributed by atoms with Crippen molar-refractivity contribution in [3.05, 3.63) is 64.1 Å². The molecule has 0 heterocycles. The third-order valence-corrected chi connectivity index (χ3v) is 4.04. The Morgan fingerprint density at radius 1 is 0.960 bits per heavy atom. The van der Waals surface area contributed by atoms with Gasteiger partial charge in [0.25, 0.3) is 0 Å². The summed E-state index contributed by atoms with van der Waals surface area (Å²) in [6.07, 6.45) is 0. The van der Waals surface area contributed by atoms with Crippen LogP contribution >= 0.6 is 31.9 Å². The number of ketones is 1. The van der Waals surface area contributed by atoms with E-state index >= 15 is 0 Å². The molecule has 0 N–H and O–H groups in total. The van der Waals surface area contributed by atoms with Crippen LogP contribution in [-0.4, -0.2) is 29.2 Å². The maximum absolute atomic E-state index is 12.0. The average Bonchev–Trinajstić information content (AvgIpc) is 2.60. The SMILES string of the molecule is C[C@H](Br)C(=O)OCC(=O)c1ccc(OC(=O)c2ccc(Br)cc2)cc1. The predicted molar refractivity (Wildman–Crippen MR) is 99.2 cm³/mol. The molecule has 2 rings (SSSR count). The molecular weight excluding hydrogens is 456 g/mol. The minimum absolute atomic E-state index is 0.315. The number of carbonyl (C=O) groups excluding carboxylic acids is 3. The smallest absolute Gasteiger partial charge is 0.343 e. The van der Waals surface area contributed by atoms with Gasteiger partial charge in [0.05, 0.1) is 5.56 Å². The number of alkyl halides is 1. The molecule has 0 unspecified atom stereocenters. The minimum atomic E-state index is -0.506.